The molecule has 0 aromatic heterocycles. The molecule has 4 saturated carbocycles. The van der Waals surface area contributed by atoms with E-state index in [1.54, 1.807) is 25.7 Å². The summed E-state index contributed by atoms with van der Waals surface area (Å²) < 4.78 is 0. The fourth-order valence-corrected chi connectivity index (χ4v) is 4.05. The van der Waals surface area contributed by atoms with Gasteiger partial charge in [-0.2, -0.15) is 0 Å². The molecule has 243 valence electrons. The van der Waals surface area contributed by atoms with Gasteiger partial charge in [0.25, 0.3) is 0 Å². The number of rotatable bonds is 0. The molecule has 0 aromatic rings. The minimum Gasteiger partial charge on any atom is -0.358 e. The zero-order valence-corrected chi connectivity index (χ0v) is 41.7. The molecular weight excluding hydrogens is 1240 g/mol. The molecule has 7 heteroatoms. The van der Waals surface area contributed by atoms with Gasteiger partial charge in [-0.25, -0.2) is 0 Å². The minimum atomic E-state index is 0. The van der Waals surface area contributed by atoms with E-state index in [9.17, 15) is 4.79 Å². The molecule has 0 bridgehead atoms. The molecule has 0 heterocycles. The number of fused-ring (bicyclic) bond motifs is 1. The molecule has 0 atom stereocenters. The van der Waals surface area contributed by atoms with Crippen LogP contribution < -0.4 is 0 Å². The molecule has 0 unspecified atom stereocenters. The van der Waals surface area contributed by atoms with Crippen LogP contribution >= 0.6 is 67.8 Å². The number of hydrogen-bond acceptors (Lipinski definition) is 1. The van der Waals surface area contributed by atoms with Gasteiger partial charge in [-0.3, -0.25) is 19.6 Å². The summed E-state index contributed by atoms with van der Waals surface area (Å²) >= 11 is 5.70. The Balaban J connectivity index is -0.0000000329. The van der Waals surface area contributed by atoms with Crippen LogP contribution in [-0.4, -0.2) is 5.78 Å². The fourth-order valence-electron chi connectivity index (χ4n) is 4.05. The van der Waals surface area contributed by atoms with Gasteiger partial charge in [0.15, 0.2) is 0 Å². The Bertz CT molecular complexity index is 337. The molecule has 0 aliphatic heterocycles. The van der Waals surface area contributed by atoms with Crippen LogP contribution in [0.4, 0.5) is 0 Å². The summed E-state index contributed by atoms with van der Waals surface area (Å²) in [6, 6.07) is 0. The van der Waals surface area contributed by atoms with E-state index in [2.05, 4.69) is 42.5 Å². The average Bonchev–Trinajstić information content (AvgIpc) is 3.60. The predicted molar refractivity (Wildman–Crippen MR) is 200 cm³/mol. The molecule has 0 spiro atoms. The van der Waals surface area contributed by atoms with Gasteiger partial charge in [0.1, 0.15) is 5.78 Å². The van der Waals surface area contributed by atoms with Crippen LogP contribution in [-0.2, 0) is 79.6 Å². The number of ketones is 1. The maximum Gasteiger partial charge on any atom is 0.132 e. The molecular formula is C32H68I3OW2Y-5. The maximum absolute atomic E-state index is 10.5. The van der Waals surface area contributed by atoms with E-state index in [0.29, 0.717) is 5.78 Å². The van der Waals surface area contributed by atoms with Crippen LogP contribution in [0.15, 0.2) is 0 Å². The molecule has 1 nitrogen and oxygen atoms in total. The molecule has 4 fully saturated rings. The van der Waals surface area contributed by atoms with Crippen LogP contribution in [0.2, 0.25) is 0 Å². The van der Waals surface area contributed by atoms with Crippen LogP contribution in [0, 0.1) is 46.9 Å². The van der Waals surface area contributed by atoms with Crippen LogP contribution in [0.5, 0.6) is 0 Å². The number of hydrogen-bond donors (Lipinski definition) is 0. The Morgan fingerprint density at radius 1 is 0.667 bits per heavy atom. The van der Waals surface area contributed by atoms with Crippen LogP contribution in [0.25, 0.3) is 0 Å². The zero-order chi connectivity index (χ0) is 26.5. The van der Waals surface area contributed by atoms with E-state index in [0.717, 1.165) is 42.9 Å². The first-order valence-electron chi connectivity index (χ1n) is 13.3. The number of carbonyl (C=O) groups excluding carboxylic acids is 1. The van der Waals surface area contributed by atoms with Gasteiger partial charge in [0, 0.05) is 87.7 Å². The second-order valence-corrected chi connectivity index (χ2v) is 9.56. The van der Waals surface area contributed by atoms with Crippen molar-refractivity contribution in [2.24, 2.45) is 17.3 Å². The quantitative estimate of drug-likeness (QED) is 0.175. The van der Waals surface area contributed by atoms with E-state index < -0.39 is 0 Å². The molecule has 0 saturated heterocycles. The van der Waals surface area contributed by atoms with Crippen molar-refractivity contribution in [1.82, 2.24) is 0 Å². The summed E-state index contributed by atoms with van der Waals surface area (Å²) in [5.41, 5.74) is 0.750. The summed E-state index contributed by atoms with van der Waals surface area (Å²) in [5, 5.41) is 0. The van der Waals surface area contributed by atoms with Gasteiger partial charge in [-0.1, -0.05) is 113 Å². The SMILES string of the molecule is C.C1CCC2CCCCC2C1.CC.CC1(C)CC1.CCC.O=C1CCCCC1.[CH2-]I.[CH2-]I.[CH2-]I.[CH3-].[CH3-].[W].[W].[Y]. The van der Waals surface area contributed by atoms with E-state index in [1.807, 2.05) is 81.6 Å². The third-order valence-electron chi connectivity index (χ3n) is 6.13. The summed E-state index contributed by atoms with van der Waals surface area (Å²) in [7, 11) is 0. The Kier molecular flexibility index (Phi) is 104. The van der Waals surface area contributed by atoms with Crippen molar-refractivity contribution < 1.29 is 79.6 Å². The molecule has 4 aliphatic rings. The van der Waals surface area contributed by atoms with Gasteiger partial charge in [0.2, 0.25) is 0 Å². The number of halogens is 3. The number of carbonyl (C=O) groups is 1. The molecule has 1 radical (unpaired) electrons. The summed E-state index contributed by atoms with van der Waals surface area (Å²) in [4.78, 5) is 20.1. The van der Waals surface area contributed by atoms with Gasteiger partial charge in [-0.05, 0) is 42.9 Å². The standard InChI is InChI=1S/C10H18.C6H10O.C5H10.C3H8.C2H6.3CH2I.CH4.2CH3.2W.Y/c1-2-6-10-8-4-3-7-9(10)5-1;7-6-4-2-1-3-5-6;1-5(2)3-4-5;1-3-2;4*1-2;;;;;;/h9-10H,1-8H2;1-5H2;3-4H2,1-2H3;3H2,1-2H3;1-2H3;3*1H2;1H4;2*1H3;;;/q;;;;;3*-1;;2*-1;;;. The summed E-state index contributed by atoms with van der Waals surface area (Å²) in [5.74, 6) is 2.77. The van der Waals surface area contributed by atoms with Crippen molar-refractivity contribution in [3.8, 4) is 0 Å². The monoisotopic (exact) mass is 1310 g/mol. The van der Waals surface area contributed by atoms with Gasteiger partial charge in [0.05, 0.1) is 0 Å². The van der Waals surface area contributed by atoms with Crippen molar-refractivity contribution in [3.63, 3.8) is 0 Å². The van der Waals surface area contributed by atoms with Crippen molar-refractivity contribution in [2.45, 2.75) is 152 Å². The zero-order valence-electron chi connectivity index (χ0n) is 26.5. The largest absolute Gasteiger partial charge is 0.358 e. The van der Waals surface area contributed by atoms with Gasteiger partial charge >= 0.3 is 0 Å². The van der Waals surface area contributed by atoms with Crippen molar-refractivity contribution in [1.29, 1.82) is 0 Å². The summed E-state index contributed by atoms with van der Waals surface area (Å²) in [6.45, 7) is 12.8. The third kappa shape index (κ3) is 55.2. The topological polar surface area (TPSA) is 17.1 Å². The second-order valence-electron chi connectivity index (χ2n) is 9.56. The van der Waals surface area contributed by atoms with Crippen molar-refractivity contribution >= 4 is 73.6 Å². The maximum atomic E-state index is 10.5. The molecule has 4 aliphatic carbocycles. The van der Waals surface area contributed by atoms with E-state index in [-0.39, 0.29) is 97.1 Å². The van der Waals surface area contributed by atoms with Crippen LogP contribution in [0.3, 0.4) is 0 Å². The van der Waals surface area contributed by atoms with E-state index in [4.69, 9.17) is 0 Å². The Hall–Kier alpha value is 4.34. The first-order valence-corrected chi connectivity index (χ1v) is 17.9. The fraction of sp³-hybridized carbons (Fsp3) is 0.812. The average molecular weight is 1310 g/mol. The first-order chi connectivity index (χ1) is 16.0. The Labute approximate surface area is 346 Å². The van der Waals surface area contributed by atoms with E-state index >= 15 is 0 Å². The second kappa shape index (κ2) is 57.9. The normalized spacial score (nSPS) is 19.4. The number of Topliss-reactive ketones (excluding diaryl/α,β-unsaturated/α-hetero) is 1. The van der Waals surface area contributed by atoms with Crippen LogP contribution in [0.1, 0.15) is 152 Å². The molecule has 39 heavy (non-hydrogen) atoms. The Morgan fingerprint density at radius 2 is 0.872 bits per heavy atom. The molecule has 0 amide bonds. The summed E-state index contributed by atoms with van der Waals surface area (Å²) in [6.07, 6.45) is 21.7. The van der Waals surface area contributed by atoms with Gasteiger partial charge in [-0.15, -0.1) is 0 Å². The molecule has 0 aromatic carbocycles. The predicted octanol–water partition coefficient (Wildman–Crippen LogP) is 14.3. The van der Waals surface area contributed by atoms with Crippen molar-refractivity contribution in [3.05, 3.63) is 29.6 Å². The van der Waals surface area contributed by atoms with Gasteiger partial charge < -0.3 is 82.6 Å². The Morgan fingerprint density at radius 3 is 1.00 bits per heavy atom. The molecule has 4 rings (SSSR count). The van der Waals surface area contributed by atoms with Crippen molar-refractivity contribution in [2.75, 3.05) is 0 Å². The third-order valence-corrected chi connectivity index (χ3v) is 6.13. The molecule has 0 N–H and O–H groups in total. The van der Waals surface area contributed by atoms with E-state index in [1.165, 1.54) is 51.4 Å². The first kappa shape index (κ1) is 69.9. The minimum absolute atomic E-state index is 0. The smallest absolute Gasteiger partial charge is 0.132 e.